The Hall–Kier alpha value is -1.02. The predicted octanol–water partition coefficient (Wildman–Crippen LogP) is 3.73. The van der Waals surface area contributed by atoms with Crippen LogP contribution in [0.2, 0.25) is 0 Å². The lowest BCUT2D eigenvalue weighted by atomic mass is 9.93. The van der Waals surface area contributed by atoms with Gasteiger partial charge < -0.3 is 10.2 Å². The molecular formula is C17H28N2. The Bertz CT molecular complexity index is 392. The van der Waals surface area contributed by atoms with Crippen LogP contribution in [0, 0.1) is 12.8 Å². The summed E-state index contributed by atoms with van der Waals surface area (Å²) in [6.45, 7) is 11.2. The van der Waals surface area contributed by atoms with E-state index >= 15 is 0 Å². The van der Waals surface area contributed by atoms with Gasteiger partial charge in [0.25, 0.3) is 0 Å². The van der Waals surface area contributed by atoms with E-state index in [0.29, 0.717) is 0 Å². The molecule has 2 heteroatoms. The molecule has 1 heterocycles. The Morgan fingerprint density at radius 3 is 2.53 bits per heavy atom. The van der Waals surface area contributed by atoms with Gasteiger partial charge in [-0.3, -0.25) is 0 Å². The topological polar surface area (TPSA) is 15.3 Å². The molecule has 2 nitrogen and oxygen atoms in total. The molecule has 1 aliphatic rings. The Morgan fingerprint density at radius 2 is 1.95 bits per heavy atom. The summed E-state index contributed by atoms with van der Waals surface area (Å²) in [6, 6.07) is 6.93. The summed E-state index contributed by atoms with van der Waals surface area (Å²) in [5.74, 6) is 0.949. The van der Waals surface area contributed by atoms with Gasteiger partial charge in [-0.25, -0.2) is 0 Å². The van der Waals surface area contributed by atoms with Crippen molar-refractivity contribution in [2.45, 2.75) is 46.6 Å². The summed E-state index contributed by atoms with van der Waals surface area (Å²) < 4.78 is 0. The van der Waals surface area contributed by atoms with E-state index in [9.17, 15) is 0 Å². The van der Waals surface area contributed by atoms with Crippen LogP contribution in [-0.2, 0) is 6.54 Å². The van der Waals surface area contributed by atoms with E-state index < -0.39 is 0 Å². The highest BCUT2D eigenvalue weighted by Crippen LogP contribution is 2.27. The van der Waals surface area contributed by atoms with Crippen molar-refractivity contribution in [1.82, 2.24) is 5.32 Å². The molecular weight excluding hydrogens is 232 g/mol. The Kier molecular flexibility index (Phi) is 5.26. The SMILES string of the molecule is CCNCc1ccc(N2CCC(CC)CC2)c(C)c1. The molecule has 0 saturated carbocycles. The largest absolute Gasteiger partial charge is 0.371 e. The first-order chi connectivity index (χ1) is 9.24. The van der Waals surface area contributed by atoms with Crippen molar-refractivity contribution < 1.29 is 0 Å². The van der Waals surface area contributed by atoms with Gasteiger partial charge in [-0.15, -0.1) is 0 Å². The number of nitrogens with zero attached hydrogens (tertiary/aromatic N) is 1. The number of benzene rings is 1. The maximum Gasteiger partial charge on any atom is 0.0396 e. The predicted molar refractivity (Wildman–Crippen MR) is 83.8 cm³/mol. The van der Waals surface area contributed by atoms with E-state index in [1.165, 1.54) is 49.2 Å². The minimum Gasteiger partial charge on any atom is -0.371 e. The fourth-order valence-corrected chi connectivity index (χ4v) is 3.03. The van der Waals surface area contributed by atoms with E-state index in [-0.39, 0.29) is 0 Å². The summed E-state index contributed by atoms with van der Waals surface area (Å²) in [7, 11) is 0. The minimum atomic E-state index is 0.949. The average molecular weight is 260 g/mol. The van der Waals surface area contributed by atoms with Crippen molar-refractivity contribution >= 4 is 5.69 Å². The van der Waals surface area contributed by atoms with Crippen LogP contribution in [0.5, 0.6) is 0 Å². The van der Waals surface area contributed by atoms with Gasteiger partial charge in [0.05, 0.1) is 0 Å². The Balaban J connectivity index is 2.01. The summed E-state index contributed by atoms with van der Waals surface area (Å²) in [5.41, 5.74) is 4.26. The lowest BCUT2D eigenvalue weighted by molar-refractivity contribution is 0.395. The van der Waals surface area contributed by atoms with Gasteiger partial charge in [-0.05, 0) is 49.4 Å². The second kappa shape index (κ2) is 6.95. The third-order valence-corrected chi connectivity index (χ3v) is 4.37. The summed E-state index contributed by atoms with van der Waals surface area (Å²) in [4.78, 5) is 2.57. The molecule has 19 heavy (non-hydrogen) atoms. The standard InChI is InChI=1S/C17H28N2/c1-4-15-8-10-19(11-9-15)17-7-6-16(12-14(17)3)13-18-5-2/h6-7,12,15,18H,4-5,8-11,13H2,1-3H3. The Labute approximate surface area is 118 Å². The zero-order chi connectivity index (χ0) is 13.7. The van der Waals surface area contributed by atoms with Gasteiger partial charge in [0.15, 0.2) is 0 Å². The van der Waals surface area contributed by atoms with E-state index in [1.807, 2.05) is 0 Å². The second-order valence-electron chi connectivity index (χ2n) is 5.74. The molecule has 0 aromatic heterocycles. The van der Waals surface area contributed by atoms with Crippen LogP contribution in [0.15, 0.2) is 18.2 Å². The fraction of sp³-hybridized carbons (Fsp3) is 0.647. The summed E-state index contributed by atoms with van der Waals surface area (Å²) >= 11 is 0. The number of anilines is 1. The first-order valence-electron chi connectivity index (χ1n) is 7.79. The first kappa shape index (κ1) is 14.4. The number of piperidine rings is 1. The molecule has 1 aromatic rings. The number of rotatable bonds is 5. The molecule has 0 aliphatic carbocycles. The van der Waals surface area contributed by atoms with Crippen LogP contribution in [-0.4, -0.2) is 19.6 Å². The van der Waals surface area contributed by atoms with Crippen molar-refractivity contribution in [2.75, 3.05) is 24.5 Å². The smallest absolute Gasteiger partial charge is 0.0396 e. The van der Waals surface area contributed by atoms with Gasteiger partial charge >= 0.3 is 0 Å². The molecule has 1 aliphatic heterocycles. The molecule has 1 fully saturated rings. The van der Waals surface area contributed by atoms with Crippen LogP contribution < -0.4 is 10.2 Å². The first-order valence-corrected chi connectivity index (χ1v) is 7.79. The zero-order valence-corrected chi connectivity index (χ0v) is 12.7. The van der Waals surface area contributed by atoms with Crippen molar-refractivity contribution in [2.24, 2.45) is 5.92 Å². The molecule has 0 bridgehead atoms. The van der Waals surface area contributed by atoms with Crippen LogP contribution in [0.4, 0.5) is 5.69 Å². The van der Waals surface area contributed by atoms with E-state index in [4.69, 9.17) is 0 Å². The van der Waals surface area contributed by atoms with Crippen LogP contribution >= 0.6 is 0 Å². The summed E-state index contributed by atoms with van der Waals surface area (Å²) in [5, 5.41) is 3.39. The lowest BCUT2D eigenvalue weighted by Crippen LogP contribution is -2.33. The summed E-state index contributed by atoms with van der Waals surface area (Å²) in [6.07, 6.45) is 4.05. The second-order valence-corrected chi connectivity index (χ2v) is 5.74. The van der Waals surface area contributed by atoms with E-state index in [1.54, 1.807) is 0 Å². The quantitative estimate of drug-likeness (QED) is 0.868. The normalized spacial score (nSPS) is 16.9. The lowest BCUT2D eigenvalue weighted by Gasteiger charge is -2.34. The van der Waals surface area contributed by atoms with Gasteiger partial charge in [0.2, 0.25) is 0 Å². The number of aryl methyl sites for hydroxylation is 1. The van der Waals surface area contributed by atoms with Gasteiger partial charge in [-0.2, -0.15) is 0 Å². The molecule has 106 valence electrons. The molecule has 1 saturated heterocycles. The van der Waals surface area contributed by atoms with Crippen molar-refractivity contribution in [1.29, 1.82) is 0 Å². The number of nitrogens with one attached hydrogen (secondary N) is 1. The molecule has 0 atom stereocenters. The molecule has 1 aromatic carbocycles. The highest BCUT2D eigenvalue weighted by molar-refractivity contribution is 5.54. The maximum absolute atomic E-state index is 3.39. The van der Waals surface area contributed by atoms with Gasteiger partial charge in [0, 0.05) is 25.3 Å². The monoisotopic (exact) mass is 260 g/mol. The molecule has 1 N–H and O–H groups in total. The van der Waals surface area contributed by atoms with Crippen molar-refractivity contribution in [3.63, 3.8) is 0 Å². The molecule has 0 radical (unpaired) electrons. The third-order valence-electron chi connectivity index (χ3n) is 4.37. The van der Waals surface area contributed by atoms with Gasteiger partial charge in [0.1, 0.15) is 0 Å². The van der Waals surface area contributed by atoms with E-state index in [0.717, 1.165) is 19.0 Å². The Morgan fingerprint density at radius 1 is 1.21 bits per heavy atom. The van der Waals surface area contributed by atoms with Crippen LogP contribution in [0.3, 0.4) is 0 Å². The molecule has 0 unspecified atom stereocenters. The molecule has 2 rings (SSSR count). The van der Waals surface area contributed by atoms with Crippen molar-refractivity contribution in [3.05, 3.63) is 29.3 Å². The fourth-order valence-electron chi connectivity index (χ4n) is 3.03. The molecule has 0 amide bonds. The number of hydrogen-bond donors (Lipinski definition) is 1. The number of hydrogen-bond acceptors (Lipinski definition) is 2. The minimum absolute atomic E-state index is 0.949. The maximum atomic E-state index is 3.39. The third kappa shape index (κ3) is 3.73. The highest BCUT2D eigenvalue weighted by atomic mass is 15.1. The zero-order valence-electron chi connectivity index (χ0n) is 12.7. The van der Waals surface area contributed by atoms with E-state index in [2.05, 4.69) is 49.2 Å². The average Bonchev–Trinajstić information content (AvgIpc) is 2.45. The highest BCUT2D eigenvalue weighted by Gasteiger charge is 2.18. The van der Waals surface area contributed by atoms with Crippen LogP contribution in [0.25, 0.3) is 0 Å². The van der Waals surface area contributed by atoms with Crippen molar-refractivity contribution in [3.8, 4) is 0 Å². The van der Waals surface area contributed by atoms with Gasteiger partial charge in [-0.1, -0.05) is 32.4 Å². The van der Waals surface area contributed by atoms with Crippen LogP contribution in [0.1, 0.15) is 44.2 Å². The molecule has 0 spiro atoms.